The lowest BCUT2D eigenvalue weighted by Crippen LogP contribution is -2.18. The first-order valence-electron chi connectivity index (χ1n) is 6.43. The first-order valence-corrected chi connectivity index (χ1v) is 7.79. The van der Waals surface area contributed by atoms with Crippen molar-refractivity contribution >= 4 is 23.4 Å². The van der Waals surface area contributed by atoms with Crippen LogP contribution in [0.15, 0.2) is 45.9 Å². The van der Waals surface area contributed by atoms with E-state index in [0.717, 1.165) is 40.1 Å². The summed E-state index contributed by atoms with van der Waals surface area (Å²) in [7, 11) is 1.69. The Morgan fingerprint density at radius 2 is 2.25 bits per heavy atom. The molecule has 108 valence electrons. The van der Waals surface area contributed by atoms with Gasteiger partial charge in [0.05, 0.1) is 18.6 Å². The van der Waals surface area contributed by atoms with E-state index >= 15 is 0 Å². The maximum Gasteiger partial charge on any atom is 0.113 e. The van der Waals surface area contributed by atoms with Crippen molar-refractivity contribution in [3.8, 4) is 0 Å². The summed E-state index contributed by atoms with van der Waals surface area (Å²) in [5, 5.41) is 4.08. The zero-order valence-electron chi connectivity index (χ0n) is 11.4. The minimum absolute atomic E-state index is 0.703. The summed E-state index contributed by atoms with van der Waals surface area (Å²) >= 11 is 8.01. The number of hydrogen-bond acceptors (Lipinski definition) is 4. The number of furan rings is 1. The van der Waals surface area contributed by atoms with Crippen molar-refractivity contribution < 1.29 is 9.15 Å². The van der Waals surface area contributed by atoms with E-state index in [1.807, 2.05) is 18.2 Å². The Balaban J connectivity index is 1.85. The molecule has 0 bridgehead atoms. The van der Waals surface area contributed by atoms with Crippen molar-refractivity contribution in [1.82, 2.24) is 5.32 Å². The molecule has 0 atom stereocenters. The number of thioether (sulfide) groups is 1. The molecule has 0 aliphatic rings. The molecule has 1 aromatic carbocycles. The van der Waals surface area contributed by atoms with E-state index in [9.17, 15) is 0 Å². The molecule has 0 unspecified atom stereocenters. The Bertz CT molecular complexity index is 517. The van der Waals surface area contributed by atoms with Crippen LogP contribution in [0.5, 0.6) is 0 Å². The van der Waals surface area contributed by atoms with Gasteiger partial charge >= 0.3 is 0 Å². The highest BCUT2D eigenvalue weighted by Gasteiger charge is 2.04. The first kappa shape index (κ1) is 15.4. The lowest BCUT2D eigenvalue weighted by atomic mass is 10.2. The third kappa shape index (κ3) is 4.87. The van der Waals surface area contributed by atoms with Gasteiger partial charge in [-0.25, -0.2) is 0 Å². The smallest absolute Gasteiger partial charge is 0.113 e. The van der Waals surface area contributed by atoms with Crippen molar-refractivity contribution in [2.75, 3.05) is 20.3 Å². The van der Waals surface area contributed by atoms with E-state index in [1.54, 1.807) is 25.1 Å². The van der Waals surface area contributed by atoms with Gasteiger partial charge in [-0.3, -0.25) is 0 Å². The average molecular weight is 312 g/mol. The number of benzene rings is 1. The second kappa shape index (κ2) is 8.37. The zero-order chi connectivity index (χ0) is 14.2. The standard InChI is InChI=1S/C15H18ClNO2S/c1-18-8-6-17-10-12-4-5-14(9-15(12)16)20-11-13-3-2-7-19-13/h2-5,7,9,17H,6,8,10-11H2,1H3. The van der Waals surface area contributed by atoms with Crippen LogP contribution >= 0.6 is 23.4 Å². The van der Waals surface area contributed by atoms with Crippen LogP contribution in [-0.2, 0) is 17.0 Å². The molecule has 2 rings (SSSR count). The topological polar surface area (TPSA) is 34.4 Å². The van der Waals surface area contributed by atoms with Gasteiger partial charge in [-0.1, -0.05) is 17.7 Å². The van der Waals surface area contributed by atoms with E-state index in [2.05, 4.69) is 17.4 Å². The minimum Gasteiger partial charge on any atom is -0.468 e. The molecule has 1 N–H and O–H groups in total. The van der Waals surface area contributed by atoms with Gasteiger partial charge in [0.25, 0.3) is 0 Å². The monoisotopic (exact) mass is 311 g/mol. The van der Waals surface area contributed by atoms with E-state index in [-0.39, 0.29) is 0 Å². The average Bonchev–Trinajstić information content (AvgIpc) is 2.96. The van der Waals surface area contributed by atoms with Gasteiger partial charge in [-0.05, 0) is 29.8 Å². The lowest BCUT2D eigenvalue weighted by molar-refractivity contribution is 0.199. The number of ether oxygens (including phenoxy) is 1. The SMILES string of the molecule is COCCNCc1ccc(SCc2ccco2)cc1Cl. The molecule has 0 radical (unpaired) electrons. The number of rotatable bonds is 8. The molecule has 1 heterocycles. The van der Waals surface area contributed by atoms with Gasteiger partial charge in [-0.15, -0.1) is 11.8 Å². The zero-order valence-corrected chi connectivity index (χ0v) is 13.0. The Labute approximate surface area is 128 Å². The molecular formula is C15H18ClNO2S. The fourth-order valence-corrected chi connectivity index (χ4v) is 2.86. The summed E-state index contributed by atoms with van der Waals surface area (Å²) in [6, 6.07) is 10.0. The van der Waals surface area contributed by atoms with Crippen LogP contribution in [0.25, 0.3) is 0 Å². The summed E-state index contributed by atoms with van der Waals surface area (Å²) in [6.07, 6.45) is 1.69. The largest absolute Gasteiger partial charge is 0.468 e. The van der Waals surface area contributed by atoms with Crippen LogP contribution in [0.3, 0.4) is 0 Å². The molecular weight excluding hydrogens is 294 g/mol. The van der Waals surface area contributed by atoms with E-state index < -0.39 is 0 Å². The van der Waals surface area contributed by atoms with E-state index in [4.69, 9.17) is 20.8 Å². The Kier molecular flexibility index (Phi) is 6.47. The van der Waals surface area contributed by atoms with Crippen molar-refractivity contribution in [3.05, 3.63) is 52.9 Å². The van der Waals surface area contributed by atoms with E-state index in [1.165, 1.54) is 0 Å². The quantitative estimate of drug-likeness (QED) is 0.591. The number of nitrogens with one attached hydrogen (secondary N) is 1. The Hall–Kier alpha value is -0.940. The molecule has 0 aliphatic heterocycles. The van der Waals surface area contributed by atoms with Crippen LogP contribution in [0, 0.1) is 0 Å². The van der Waals surface area contributed by atoms with Gasteiger partial charge in [0.2, 0.25) is 0 Å². The maximum absolute atomic E-state index is 6.29. The molecule has 0 saturated heterocycles. The van der Waals surface area contributed by atoms with Crippen LogP contribution in [0.2, 0.25) is 5.02 Å². The van der Waals surface area contributed by atoms with Crippen molar-refractivity contribution in [2.24, 2.45) is 0 Å². The summed E-state index contributed by atoms with van der Waals surface area (Å²) in [5.74, 6) is 1.78. The van der Waals surface area contributed by atoms with Gasteiger partial charge in [0.1, 0.15) is 5.76 Å². The molecule has 20 heavy (non-hydrogen) atoms. The van der Waals surface area contributed by atoms with E-state index in [0.29, 0.717) is 6.61 Å². The summed E-state index contributed by atoms with van der Waals surface area (Å²) < 4.78 is 10.3. The molecule has 5 heteroatoms. The third-order valence-electron chi connectivity index (χ3n) is 2.78. The third-order valence-corrected chi connectivity index (χ3v) is 4.15. The molecule has 3 nitrogen and oxygen atoms in total. The van der Waals surface area contributed by atoms with Crippen LogP contribution < -0.4 is 5.32 Å². The lowest BCUT2D eigenvalue weighted by Gasteiger charge is -2.08. The Morgan fingerprint density at radius 1 is 1.35 bits per heavy atom. The van der Waals surface area contributed by atoms with Gasteiger partial charge in [-0.2, -0.15) is 0 Å². The summed E-state index contributed by atoms with van der Waals surface area (Å²) in [6.45, 7) is 2.28. The fraction of sp³-hybridized carbons (Fsp3) is 0.333. The molecule has 0 saturated carbocycles. The highest BCUT2D eigenvalue weighted by atomic mass is 35.5. The van der Waals surface area contributed by atoms with Crippen LogP contribution in [-0.4, -0.2) is 20.3 Å². The predicted molar refractivity (Wildman–Crippen MR) is 83.3 cm³/mol. The Morgan fingerprint density at radius 3 is 2.95 bits per heavy atom. The van der Waals surface area contributed by atoms with Gasteiger partial charge < -0.3 is 14.5 Å². The van der Waals surface area contributed by atoms with Gasteiger partial charge in [0, 0.05) is 30.1 Å². The van der Waals surface area contributed by atoms with Crippen molar-refractivity contribution in [3.63, 3.8) is 0 Å². The number of hydrogen-bond donors (Lipinski definition) is 1. The fourth-order valence-electron chi connectivity index (χ4n) is 1.71. The van der Waals surface area contributed by atoms with Crippen LogP contribution in [0.1, 0.15) is 11.3 Å². The molecule has 0 amide bonds. The normalized spacial score (nSPS) is 10.9. The second-order valence-electron chi connectivity index (χ2n) is 4.29. The van der Waals surface area contributed by atoms with Crippen molar-refractivity contribution in [2.45, 2.75) is 17.2 Å². The molecule has 0 spiro atoms. The highest BCUT2D eigenvalue weighted by molar-refractivity contribution is 7.98. The molecule has 0 aliphatic carbocycles. The van der Waals surface area contributed by atoms with Crippen molar-refractivity contribution in [1.29, 1.82) is 0 Å². The molecule has 1 aromatic heterocycles. The second-order valence-corrected chi connectivity index (χ2v) is 5.75. The summed E-state index contributed by atoms with van der Waals surface area (Å²) in [4.78, 5) is 1.15. The minimum atomic E-state index is 0.703. The molecule has 0 fully saturated rings. The molecule has 2 aromatic rings. The maximum atomic E-state index is 6.29. The number of methoxy groups -OCH3 is 1. The predicted octanol–water partition coefficient (Wildman–Crippen LogP) is 3.96. The summed E-state index contributed by atoms with van der Waals surface area (Å²) in [5.41, 5.74) is 1.10. The highest BCUT2D eigenvalue weighted by Crippen LogP contribution is 2.27. The van der Waals surface area contributed by atoms with Gasteiger partial charge in [0.15, 0.2) is 0 Å². The van der Waals surface area contributed by atoms with Crippen LogP contribution in [0.4, 0.5) is 0 Å². The number of halogens is 1. The first-order chi connectivity index (χ1) is 9.79.